The first kappa shape index (κ1) is 108. The first-order valence-corrected chi connectivity index (χ1v) is 44.2. The highest BCUT2D eigenvalue weighted by molar-refractivity contribution is 6.74. The normalized spacial score (nSPS) is 13.0. The fourth-order valence-corrected chi connectivity index (χ4v) is 9.93. The Kier molecular flexibility index (Phi) is 62.7. The van der Waals surface area contributed by atoms with Gasteiger partial charge in [0.1, 0.15) is 41.7 Å². The lowest BCUT2D eigenvalue weighted by Crippen LogP contribution is -2.42. The SMILES string of the molecule is C=CC(CO)OCc1ccccc1.C=CC(CO)Oc1ccc(OC)cc1.C=CC(O)COC.C=CC(O)COC(c1ccccc1)(c1ccccc1)c1ccccc1.C=CC(O)COCC.C=CC(O)COCc1ccccc1.C=CC(O)CO[Si](C)(C)C.C=CC(O)CO[Si](C)(C)C(C)(C)C.C=CC(O)COc1ccccc1. The lowest BCUT2D eigenvalue weighted by molar-refractivity contribution is -0.0248. The van der Waals surface area contributed by atoms with Crippen molar-refractivity contribution in [1.29, 1.82) is 0 Å². The van der Waals surface area contributed by atoms with Crippen LogP contribution in [-0.4, -0.2) is 198 Å². The first-order valence-electron chi connectivity index (χ1n) is 37.9. The lowest BCUT2D eigenvalue weighted by atomic mass is 9.80. The van der Waals surface area contributed by atoms with Gasteiger partial charge in [-0.25, -0.2) is 0 Å². The Labute approximate surface area is 690 Å². The molecule has 0 spiro atoms. The monoisotopic (exact) mass is 1620 g/mol. The van der Waals surface area contributed by atoms with Crippen LogP contribution in [0.25, 0.3) is 0 Å². The molecular formula is C94H136O19Si2. The van der Waals surface area contributed by atoms with E-state index in [4.69, 9.17) is 77.8 Å². The van der Waals surface area contributed by atoms with Crippen molar-refractivity contribution in [1.82, 2.24) is 0 Å². The Morgan fingerprint density at radius 2 is 0.704 bits per heavy atom. The van der Waals surface area contributed by atoms with Crippen LogP contribution in [0.4, 0.5) is 0 Å². The van der Waals surface area contributed by atoms with Gasteiger partial charge in [0.25, 0.3) is 0 Å². The Morgan fingerprint density at radius 3 is 1.05 bits per heavy atom. The van der Waals surface area contributed by atoms with Crippen LogP contribution in [0.2, 0.25) is 37.8 Å². The lowest BCUT2D eigenvalue weighted by Gasteiger charge is -2.36. The highest BCUT2D eigenvalue weighted by atomic mass is 28.4. The van der Waals surface area contributed by atoms with Gasteiger partial charge in [0.2, 0.25) is 0 Å². The molecule has 0 saturated carbocycles. The number of methoxy groups -OCH3 is 2. The number of rotatable bonds is 41. The van der Waals surface area contributed by atoms with Crippen molar-refractivity contribution in [3.05, 3.63) is 348 Å². The van der Waals surface area contributed by atoms with Crippen molar-refractivity contribution in [2.75, 3.05) is 80.3 Å². The molecule has 9 unspecified atom stereocenters. The van der Waals surface area contributed by atoms with Crippen LogP contribution in [-0.2, 0) is 51.4 Å². The molecule has 0 aliphatic heterocycles. The van der Waals surface area contributed by atoms with E-state index in [2.05, 4.69) is 154 Å². The van der Waals surface area contributed by atoms with E-state index in [0.717, 1.165) is 39.3 Å². The van der Waals surface area contributed by atoms with E-state index in [-0.39, 0.29) is 43.7 Å². The van der Waals surface area contributed by atoms with E-state index in [1.165, 1.54) is 49.6 Å². The predicted molar refractivity (Wildman–Crippen MR) is 474 cm³/mol. The third-order valence-corrected chi connectivity index (χ3v) is 21.5. The summed E-state index contributed by atoms with van der Waals surface area (Å²) in [7, 11) is 0.00596. The van der Waals surface area contributed by atoms with E-state index < -0.39 is 65.0 Å². The van der Waals surface area contributed by atoms with Crippen LogP contribution in [0.3, 0.4) is 0 Å². The van der Waals surface area contributed by atoms with Gasteiger partial charge in [-0.1, -0.05) is 246 Å². The molecule has 0 bridgehead atoms. The van der Waals surface area contributed by atoms with Gasteiger partial charge < -0.3 is 92.7 Å². The summed E-state index contributed by atoms with van der Waals surface area (Å²) in [5.74, 6) is 2.22. The number of hydrogen-bond acceptors (Lipinski definition) is 19. The van der Waals surface area contributed by atoms with E-state index >= 15 is 0 Å². The standard InChI is InChI=1S/C23H22O2.C11H14O3.2C11H14O2.C10H22O2Si.C10H12O2.C7H16O2Si.C6H12O2.C5H10O2/c1-2-22(24)18-25-23(19-12-6-3-7-13-19,20-14-8-4-9-15-20)21-16-10-5-11-17-21;1-3-9(8-12)14-11-6-4-10(13-2)5-7-11;1-2-11(8-12)13-9-10-6-4-3-5-7-10;1-2-11(12)9-13-8-10-6-4-3-5-7-10;1-7-9(11)8-12-13(5,6)10(2,3)4;1-2-9(11)8-12-10-6-4-3-5-7-10;1-5-7(8)6-9-10(2,3)4;1-3-6(7)5-8-4-2;1-3-5(6)4-7-2/h2-17,22,24H,1,18H2;3-7,9,12H,1,8H2,2H3;2*2-7,11-12H,1,8-9H2;7,9,11H,1,8H2,2-6H3;2-7,9,11H,1,8H2;5,7-8H,1,6H2,2-4H3;3,6-7H,1,4-5H2,2H3;3,5-6H,1,4H2,2H3. The molecule has 634 valence electrons. The molecule has 0 radical (unpaired) electrons. The number of aliphatic hydroxyl groups is 9. The molecule has 0 fully saturated rings. The van der Waals surface area contributed by atoms with Crippen LogP contribution in [0, 0.1) is 0 Å². The van der Waals surface area contributed by atoms with Gasteiger partial charge >= 0.3 is 0 Å². The van der Waals surface area contributed by atoms with Gasteiger partial charge in [-0.3, -0.25) is 0 Å². The summed E-state index contributed by atoms with van der Waals surface area (Å²) in [5.41, 5.74) is 4.46. The van der Waals surface area contributed by atoms with Crippen molar-refractivity contribution in [3.8, 4) is 17.2 Å². The van der Waals surface area contributed by atoms with Crippen molar-refractivity contribution < 1.29 is 92.7 Å². The minimum atomic E-state index is -1.69. The molecule has 21 heteroatoms. The number of para-hydroxylation sites is 1. The topological polar surface area (TPSA) is 274 Å². The van der Waals surface area contributed by atoms with Crippen LogP contribution in [0.15, 0.2) is 320 Å². The Morgan fingerprint density at radius 1 is 0.365 bits per heavy atom. The Balaban J connectivity index is 0. The fourth-order valence-electron chi connectivity index (χ4n) is 8.24. The molecule has 19 nitrogen and oxygen atoms in total. The minimum Gasteiger partial charge on any atom is -0.497 e. The molecule has 7 aromatic carbocycles. The average Bonchev–Trinajstić information content (AvgIpc) is 0.757. The maximum atomic E-state index is 10.0. The van der Waals surface area contributed by atoms with Crippen LogP contribution in [0.5, 0.6) is 17.2 Å². The molecule has 0 aliphatic rings. The third-order valence-electron chi connectivity index (χ3n) is 16.0. The molecular weight excluding hydrogens is 1490 g/mol. The molecule has 7 rings (SSSR count). The second-order valence-corrected chi connectivity index (χ2v) is 36.8. The zero-order valence-corrected chi connectivity index (χ0v) is 72.0. The van der Waals surface area contributed by atoms with Crippen LogP contribution in [0.1, 0.15) is 55.5 Å². The summed E-state index contributed by atoms with van der Waals surface area (Å²) in [6.07, 6.45) is 8.88. The van der Waals surface area contributed by atoms with Crippen molar-refractivity contribution in [2.45, 2.75) is 139 Å². The number of hydrogen-bond donors (Lipinski definition) is 9. The molecule has 9 N–H and O–H groups in total. The fraction of sp³-hybridized carbons (Fsp3) is 0.362. The highest BCUT2D eigenvalue weighted by Crippen LogP contribution is 2.41. The quantitative estimate of drug-likeness (QED) is 0.00979. The maximum Gasteiger partial charge on any atom is 0.192 e. The zero-order chi connectivity index (χ0) is 86.8. The molecule has 0 amide bonds. The first-order chi connectivity index (χ1) is 54.9. The molecule has 0 aliphatic carbocycles. The van der Waals surface area contributed by atoms with Gasteiger partial charge in [-0.05, 0) is 115 Å². The molecule has 9 atom stereocenters. The molecule has 0 saturated heterocycles. The van der Waals surface area contributed by atoms with Gasteiger partial charge in [0.05, 0.1) is 116 Å². The molecule has 7 aromatic rings. The minimum absolute atomic E-state index is 0.0175. The van der Waals surface area contributed by atoms with E-state index in [1.807, 2.05) is 153 Å². The Hall–Kier alpha value is -8.61. The van der Waals surface area contributed by atoms with E-state index in [0.29, 0.717) is 58.6 Å². The van der Waals surface area contributed by atoms with Crippen LogP contribution < -0.4 is 14.2 Å². The van der Waals surface area contributed by atoms with Gasteiger partial charge in [-0.15, -0.1) is 52.6 Å². The van der Waals surface area contributed by atoms with E-state index in [9.17, 15) is 10.2 Å². The summed E-state index contributed by atoms with van der Waals surface area (Å²) >= 11 is 0. The van der Waals surface area contributed by atoms with Crippen molar-refractivity contribution in [3.63, 3.8) is 0 Å². The molecule has 0 aromatic heterocycles. The third kappa shape index (κ3) is 53.3. The van der Waals surface area contributed by atoms with Gasteiger partial charge in [-0.2, -0.15) is 0 Å². The van der Waals surface area contributed by atoms with Crippen molar-refractivity contribution in [2.24, 2.45) is 0 Å². The Bertz CT molecular complexity index is 3430. The number of benzene rings is 7. The van der Waals surface area contributed by atoms with Crippen molar-refractivity contribution >= 4 is 16.6 Å². The number of ether oxygens (including phenoxy) is 8. The maximum absolute atomic E-state index is 10.0. The smallest absolute Gasteiger partial charge is 0.192 e. The second kappa shape index (κ2) is 66.5. The summed E-state index contributed by atoms with van der Waals surface area (Å²) in [6, 6.07) is 66.6. The summed E-state index contributed by atoms with van der Waals surface area (Å²) in [4.78, 5) is 0. The molecule has 115 heavy (non-hydrogen) atoms. The average molecular weight is 1630 g/mol. The predicted octanol–water partition coefficient (Wildman–Crippen LogP) is 16.0. The summed E-state index contributed by atoms with van der Waals surface area (Å²) in [5, 5.41) is 81.7. The summed E-state index contributed by atoms with van der Waals surface area (Å²) in [6.45, 7) is 54.1. The van der Waals surface area contributed by atoms with Crippen LogP contribution >= 0.6 is 0 Å². The largest absolute Gasteiger partial charge is 0.497 e. The zero-order valence-electron chi connectivity index (χ0n) is 70.0. The highest BCUT2D eigenvalue weighted by Gasteiger charge is 2.39. The summed E-state index contributed by atoms with van der Waals surface area (Å²) < 4.78 is 53.3. The van der Waals surface area contributed by atoms with E-state index in [1.54, 1.807) is 43.5 Å². The van der Waals surface area contributed by atoms with Gasteiger partial charge in [0, 0.05) is 13.7 Å². The second-order valence-electron chi connectivity index (χ2n) is 27.4. The number of aliphatic hydroxyl groups excluding tert-OH is 9. The van der Waals surface area contributed by atoms with Gasteiger partial charge in [0.15, 0.2) is 16.6 Å². The molecule has 0 heterocycles.